The largest absolute Gasteiger partial charge is 0.392 e. The Hall–Kier alpha value is -1.83. The molecule has 1 fully saturated rings. The maximum atomic E-state index is 13.5. The van der Waals surface area contributed by atoms with Gasteiger partial charge in [-0.05, 0) is 24.1 Å². The Morgan fingerprint density at radius 2 is 2.17 bits per heavy atom. The zero-order valence-electron chi connectivity index (χ0n) is 13.5. The lowest BCUT2D eigenvalue weighted by molar-refractivity contribution is 0.172. The second-order valence-corrected chi connectivity index (χ2v) is 6.11. The van der Waals surface area contributed by atoms with Gasteiger partial charge in [0, 0.05) is 38.0 Å². The van der Waals surface area contributed by atoms with Gasteiger partial charge in [0.05, 0.1) is 25.5 Å². The average molecular weight is 337 g/mol. The van der Waals surface area contributed by atoms with Crippen molar-refractivity contribution >= 4 is 0 Å². The number of halogens is 2. The smallest absolute Gasteiger partial charge is 0.159 e. The van der Waals surface area contributed by atoms with Crippen LogP contribution in [0.25, 0.3) is 0 Å². The number of ether oxygens (including phenoxy) is 1. The maximum absolute atomic E-state index is 13.5. The van der Waals surface area contributed by atoms with Gasteiger partial charge in [0.1, 0.15) is 0 Å². The second-order valence-electron chi connectivity index (χ2n) is 6.11. The summed E-state index contributed by atoms with van der Waals surface area (Å²) in [7, 11) is 1.64. The van der Waals surface area contributed by atoms with Crippen LogP contribution in [0.15, 0.2) is 30.6 Å². The molecule has 7 heteroatoms. The number of likely N-dealkylation sites (tertiary alicyclic amines) is 1. The van der Waals surface area contributed by atoms with E-state index in [1.165, 1.54) is 6.07 Å². The fourth-order valence-electron chi connectivity index (χ4n) is 3.15. The van der Waals surface area contributed by atoms with Gasteiger partial charge in [-0.2, -0.15) is 5.10 Å². The van der Waals surface area contributed by atoms with Crippen LogP contribution in [0.4, 0.5) is 8.78 Å². The summed E-state index contributed by atoms with van der Waals surface area (Å²) in [6.07, 6.45) is 3.74. The molecule has 1 saturated heterocycles. The molecule has 130 valence electrons. The Balaban J connectivity index is 1.73. The molecule has 1 N–H and O–H groups in total. The van der Waals surface area contributed by atoms with E-state index in [9.17, 15) is 13.9 Å². The van der Waals surface area contributed by atoms with E-state index in [-0.39, 0.29) is 6.04 Å². The summed E-state index contributed by atoms with van der Waals surface area (Å²) in [6, 6.07) is 3.79. The Bertz CT molecular complexity index is 692. The SMILES string of the molecule is COCCn1cc(CN2CC(O)CC2c2ccc(F)c(F)c2)cn1. The molecule has 5 nitrogen and oxygen atoms in total. The van der Waals surface area contributed by atoms with Crippen LogP contribution in [-0.2, 0) is 17.8 Å². The van der Waals surface area contributed by atoms with Crippen molar-refractivity contribution in [1.29, 1.82) is 0 Å². The number of aliphatic hydroxyl groups excluding tert-OH is 1. The Labute approximate surface area is 139 Å². The van der Waals surface area contributed by atoms with Crippen LogP contribution < -0.4 is 0 Å². The first-order valence-corrected chi connectivity index (χ1v) is 7.94. The fraction of sp³-hybridized carbons (Fsp3) is 0.471. The summed E-state index contributed by atoms with van der Waals surface area (Å²) in [5.41, 5.74) is 1.69. The van der Waals surface area contributed by atoms with Crippen molar-refractivity contribution < 1.29 is 18.6 Å². The van der Waals surface area contributed by atoms with Crippen molar-refractivity contribution in [3.63, 3.8) is 0 Å². The first-order chi connectivity index (χ1) is 11.6. The van der Waals surface area contributed by atoms with Gasteiger partial charge in [-0.15, -0.1) is 0 Å². The molecule has 0 radical (unpaired) electrons. The highest BCUT2D eigenvalue weighted by Crippen LogP contribution is 2.33. The Morgan fingerprint density at radius 1 is 1.33 bits per heavy atom. The number of hydrogen-bond donors (Lipinski definition) is 1. The van der Waals surface area contributed by atoms with E-state index in [1.54, 1.807) is 24.1 Å². The summed E-state index contributed by atoms with van der Waals surface area (Å²) in [6.45, 7) is 2.34. The summed E-state index contributed by atoms with van der Waals surface area (Å²) in [4.78, 5) is 2.06. The van der Waals surface area contributed by atoms with Gasteiger partial charge in [0.15, 0.2) is 11.6 Å². The zero-order chi connectivity index (χ0) is 17.1. The van der Waals surface area contributed by atoms with Gasteiger partial charge >= 0.3 is 0 Å². The number of β-amino-alcohol motifs (C(OH)–C–C–N with tert-alkyl or cyclic N) is 1. The van der Waals surface area contributed by atoms with Crippen molar-refractivity contribution in [2.75, 3.05) is 20.3 Å². The predicted octanol–water partition coefficient (Wildman–Crippen LogP) is 2.12. The van der Waals surface area contributed by atoms with Gasteiger partial charge in [-0.1, -0.05) is 6.07 Å². The van der Waals surface area contributed by atoms with E-state index in [1.807, 2.05) is 6.20 Å². The van der Waals surface area contributed by atoms with Crippen LogP contribution in [0.2, 0.25) is 0 Å². The predicted molar refractivity (Wildman–Crippen MR) is 84.2 cm³/mol. The van der Waals surface area contributed by atoms with Crippen molar-refractivity contribution in [2.24, 2.45) is 0 Å². The first-order valence-electron chi connectivity index (χ1n) is 7.94. The van der Waals surface area contributed by atoms with E-state index >= 15 is 0 Å². The quantitative estimate of drug-likeness (QED) is 0.877. The molecule has 2 aromatic rings. The number of nitrogens with zero attached hydrogens (tertiary/aromatic N) is 3. The van der Waals surface area contributed by atoms with Crippen LogP contribution in [0, 0.1) is 11.6 Å². The third kappa shape index (κ3) is 3.80. The normalized spacial score (nSPS) is 21.5. The number of hydrogen-bond acceptors (Lipinski definition) is 4. The minimum Gasteiger partial charge on any atom is -0.392 e. The molecular formula is C17H21F2N3O2. The molecule has 2 heterocycles. The molecule has 1 aliphatic heterocycles. The highest BCUT2D eigenvalue weighted by Gasteiger charge is 2.32. The van der Waals surface area contributed by atoms with Crippen molar-refractivity contribution in [3.8, 4) is 0 Å². The number of aliphatic hydroxyl groups is 1. The van der Waals surface area contributed by atoms with E-state index in [0.29, 0.717) is 38.2 Å². The van der Waals surface area contributed by atoms with Gasteiger partial charge in [0.25, 0.3) is 0 Å². The van der Waals surface area contributed by atoms with E-state index in [2.05, 4.69) is 10.00 Å². The molecule has 1 aliphatic rings. The second kappa shape index (κ2) is 7.38. The highest BCUT2D eigenvalue weighted by atomic mass is 19.2. The molecule has 2 unspecified atom stereocenters. The Morgan fingerprint density at radius 3 is 2.92 bits per heavy atom. The fourth-order valence-corrected chi connectivity index (χ4v) is 3.15. The van der Waals surface area contributed by atoms with Crippen molar-refractivity contribution in [1.82, 2.24) is 14.7 Å². The van der Waals surface area contributed by atoms with Gasteiger partial charge in [-0.3, -0.25) is 9.58 Å². The third-order valence-electron chi connectivity index (χ3n) is 4.31. The Kier molecular flexibility index (Phi) is 5.23. The lowest BCUT2D eigenvalue weighted by Gasteiger charge is -2.24. The molecule has 0 spiro atoms. The number of rotatable bonds is 6. The van der Waals surface area contributed by atoms with Gasteiger partial charge < -0.3 is 9.84 Å². The number of aromatic nitrogens is 2. The monoisotopic (exact) mass is 337 g/mol. The van der Waals surface area contributed by atoms with E-state index in [0.717, 1.165) is 11.6 Å². The van der Waals surface area contributed by atoms with Crippen LogP contribution >= 0.6 is 0 Å². The topological polar surface area (TPSA) is 50.5 Å². The van der Waals surface area contributed by atoms with E-state index < -0.39 is 17.7 Å². The zero-order valence-corrected chi connectivity index (χ0v) is 13.5. The molecule has 0 aliphatic carbocycles. The highest BCUT2D eigenvalue weighted by molar-refractivity contribution is 5.23. The summed E-state index contributed by atoms with van der Waals surface area (Å²) in [5.74, 6) is -1.72. The number of methoxy groups -OCH3 is 1. The van der Waals surface area contributed by atoms with Crippen LogP contribution in [0.3, 0.4) is 0 Å². The molecule has 0 bridgehead atoms. The number of benzene rings is 1. The standard InChI is InChI=1S/C17H21F2N3O2/c1-24-5-4-22-10-12(8-20-22)9-21-11-14(23)7-17(21)13-2-3-15(18)16(19)6-13/h2-3,6,8,10,14,17,23H,4-5,7,9,11H2,1H3. The summed E-state index contributed by atoms with van der Waals surface area (Å²) in [5, 5.41) is 14.3. The van der Waals surface area contributed by atoms with Crippen molar-refractivity contribution in [3.05, 3.63) is 53.4 Å². The molecule has 2 atom stereocenters. The molecule has 0 amide bonds. The average Bonchev–Trinajstić information content (AvgIpc) is 3.15. The van der Waals surface area contributed by atoms with Gasteiger partial charge in [-0.25, -0.2) is 8.78 Å². The van der Waals surface area contributed by atoms with Crippen LogP contribution in [-0.4, -0.2) is 46.2 Å². The minimum absolute atomic E-state index is 0.141. The van der Waals surface area contributed by atoms with E-state index in [4.69, 9.17) is 4.74 Å². The molecule has 1 aromatic carbocycles. The molecule has 3 rings (SSSR count). The maximum Gasteiger partial charge on any atom is 0.159 e. The lowest BCUT2D eigenvalue weighted by atomic mass is 10.0. The summed E-state index contributed by atoms with van der Waals surface area (Å²) < 4.78 is 33.5. The molecule has 24 heavy (non-hydrogen) atoms. The van der Waals surface area contributed by atoms with Gasteiger partial charge in [0.2, 0.25) is 0 Å². The first kappa shape index (κ1) is 17.0. The van der Waals surface area contributed by atoms with Crippen molar-refractivity contribution in [2.45, 2.75) is 31.7 Å². The third-order valence-corrected chi connectivity index (χ3v) is 4.31. The molecule has 1 aromatic heterocycles. The molecular weight excluding hydrogens is 316 g/mol. The summed E-state index contributed by atoms with van der Waals surface area (Å²) >= 11 is 0. The van der Waals surface area contributed by atoms with Crippen LogP contribution in [0.1, 0.15) is 23.6 Å². The molecule has 0 saturated carbocycles. The minimum atomic E-state index is -0.860. The lowest BCUT2D eigenvalue weighted by Crippen LogP contribution is -2.24. The van der Waals surface area contributed by atoms with Crippen LogP contribution in [0.5, 0.6) is 0 Å².